The SMILES string of the molecule is O=S(=O)(CC(F)(F)F)Nc1nccnc1Br. The number of hydrogen-bond acceptors (Lipinski definition) is 4. The van der Waals surface area contributed by atoms with Crippen LogP contribution in [0.1, 0.15) is 0 Å². The fourth-order valence-corrected chi connectivity index (χ4v) is 2.19. The highest BCUT2D eigenvalue weighted by Crippen LogP contribution is 2.21. The molecule has 0 amide bonds. The molecule has 16 heavy (non-hydrogen) atoms. The van der Waals surface area contributed by atoms with Gasteiger partial charge in [0, 0.05) is 12.4 Å². The van der Waals surface area contributed by atoms with Gasteiger partial charge in [0.05, 0.1) is 0 Å². The molecule has 0 radical (unpaired) electrons. The molecule has 0 fully saturated rings. The van der Waals surface area contributed by atoms with Crippen LogP contribution < -0.4 is 4.72 Å². The Hall–Kier alpha value is -0.900. The van der Waals surface area contributed by atoms with Gasteiger partial charge in [-0.2, -0.15) is 13.2 Å². The number of hydrogen-bond donors (Lipinski definition) is 1. The normalized spacial score (nSPS) is 12.5. The van der Waals surface area contributed by atoms with Crippen molar-refractivity contribution in [3.05, 3.63) is 17.0 Å². The number of halogens is 4. The van der Waals surface area contributed by atoms with Crippen molar-refractivity contribution in [1.82, 2.24) is 9.97 Å². The Kier molecular flexibility index (Phi) is 3.73. The summed E-state index contributed by atoms with van der Waals surface area (Å²) in [7, 11) is -4.52. The summed E-state index contributed by atoms with van der Waals surface area (Å²) >= 11 is 2.85. The van der Waals surface area contributed by atoms with Gasteiger partial charge in [-0.3, -0.25) is 4.72 Å². The first-order valence-electron chi connectivity index (χ1n) is 3.73. The molecule has 10 heteroatoms. The van der Waals surface area contributed by atoms with Gasteiger partial charge in [0.2, 0.25) is 10.0 Å². The lowest BCUT2D eigenvalue weighted by Crippen LogP contribution is -2.28. The van der Waals surface area contributed by atoms with Gasteiger partial charge in [-0.1, -0.05) is 0 Å². The third-order valence-electron chi connectivity index (χ3n) is 1.26. The molecule has 90 valence electrons. The Morgan fingerprint density at radius 2 is 1.88 bits per heavy atom. The summed E-state index contributed by atoms with van der Waals surface area (Å²) in [5.74, 6) is -2.25. The van der Waals surface area contributed by atoms with Crippen LogP contribution in [0.5, 0.6) is 0 Å². The molecule has 0 aliphatic carbocycles. The van der Waals surface area contributed by atoms with Crippen LogP contribution in [0.4, 0.5) is 19.0 Å². The van der Waals surface area contributed by atoms with Gasteiger partial charge in [-0.05, 0) is 15.9 Å². The molecule has 0 spiro atoms. The standard InChI is InChI=1S/C6H5BrF3N3O2S/c7-4-5(12-2-1-11-4)13-16(14,15)3-6(8,9)10/h1-2H,3H2,(H,12,13). The predicted octanol–water partition coefficient (Wildman–Crippen LogP) is 1.54. The lowest BCUT2D eigenvalue weighted by Gasteiger charge is -2.09. The van der Waals surface area contributed by atoms with E-state index in [2.05, 4.69) is 25.9 Å². The number of nitrogens with one attached hydrogen (secondary N) is 1. The maximum Gasteiger partial charge on any atom is 0.404 e. The van der Waals surface area contributed by atoms with E-state index in [-0.39, 0.29) is 10.4 Å². The van der Waals surface area contributed by atoms with Gasteiger partial charge in [-0.15, -0.1) is 0 Å². The first kappa shape index (κ1) is 13.2. The maximum atomic E-state index is 11.9. The Bertz CT molecular complexity index is 476. The molecule has 0 unspecified atom stereocenters. The van der Waals surface area contributed by atoms with Gasteiger partial charge in [0.25, 0.3) is 0 Å². The first-order valence-corrected chi connectivity index (χ1v) is 6.18. The number of anilines is 1. The Labute approximate surface area is 97.3 Å². The smallest absolute Gasteiger partial charge is 0.265 e. The van der Waals surface area contributed by atoms with Crippen LogP contribution in [0.25, 0.3) is 0 Å². The van der Waals surface area contributed by atoms with Crippen LogP contribution in [0.3, 0.4) is 0 Å². The van der Waals surface area contributed by atoms with Crippen molar-refractivity contribution in [3.63, 3.8) is 0 Å². The molecule has 0 aliphatic heterocycles. The summed E-state index contributed by atoms with van der Waals surface area (Å²) in [6, 6.07) is 0. The largest absolute Gasteiger partial charge is 0.404 e. The molecular weight excluding hydrogens is 315 g/mol. The average Bonchev–Trinajstić information content (AvgIpc) is 2.04. The zero-order valence-electron chi connectivity index (χ0n) is 7.49. The molecule has 1 heterocycles. The topological polar surface area (TPSA) is 72.0 Å². The van der Waals surface area contributed by atoms with E-state index in [0.29, 0.717) is 0 Å². The minimum Gasteiger partial charge on any atom is -0.265 e. The summed E-state index contributed by atoms with van der Waals surface area (Å²) in [6.45, 7) is 0. The van der Waals surface area contributed by atoms with Crippen molar-refractivity contribution in [2.75, 3.05) is 10.5 Å². The average molecular weight is 320 g/mol. The summed E-state index contributed by atoms with van der Waals surface area (Å²) in [5, 5.41) is 0. The van der Waals surface area contributed by atoms with E-state index in [1.54, 1.807) is 4.72 Å². The Morgan fingerprint density at radius 1 is 1.31 bits per heavy atom. The van der Waals surface area contributed by atoms with Crippen molar-refractivity contribution in [3.8, 4) is 0 Å². The fourth-order valence-electron chi connectivity index (χ4n) is 0.788. The zero-order valence-corrected chi connectivity index (χ0v) is 9.90. The van der Waals surface area contributed by atoms with E-state index in [0.717, 1.165) is 6.20 Å². The Morgan fingerprint density at radius 3 is 2.38 bits per heavy atom. The Balaban J connectivity index is 2.86. The summed E-state index contributed by atoms with van der Waals surface area (Å²) in [6.07, 6.45) is -2.40. The molecular formula is C6H5BrF3N3O2S. The van der Waals surface area contributed by atoms with Crippen LogP contribution >= 0.6 is 15.9 Å². The van der Waals surface area contributed by atoms with Crippen LogP contribution in [0.2, 0.25) is 0 Å². The minimum absolute atomic E-state index is 0.0146. The number of alkyl halides is 3. The van der Waals surface area contributed by atoms with E-state index in [4.69, 9.17) is 0 Å². The maximum absolute atomic E-state index is 11.9. The molecule has 0 saturated carbocycles. The third-order valence-corrected chi connectivity index (χ3v) is 3.05. The van der Waals surface area contributed by atoms with Crippen molar-refractivity contribution >= 4 is 31.8 Å². The second kappa shape index (κ2) is 4.53. The molecule has 0 aliphatic rings. The van der Waals surface area contributed by atoms with Gasteiger partial charge < -0.3 is 0 Å². The summed E-state index contributed by atoms with van der Waals surface area (Å²) in [4.78, 5) is 7.13. The van der Waals surface area contributed by atoms with Gasteiger partial charge in [0.1, 0.15) is 4.60 Å². The van der Waals surface area contributed by atoms with E-state index < -0.39 is 22.0 Å². The van der Waals surface area contributed by atoms with E-state index >= 15 is 0 Å². The zero-order chi connectivity index (χ0) is 12.4. The number of nitrogens with zero attached hydrogens (tertiary/aromatic N) is 2. The predicted molar refractivity (Wildman–Crippen MR) is 53.2 cm³/mol. The minimum atomic E-state index is -4.81. The molecule has 1 N–H and O–H groups in total. The van der Waals surface area contributed by atoms with Gasteiger partial charge in [0.15, 0.2) is 11.6 Å². The molecule has 0 saturated heterocycles. The molecule has 0 atom stereocenters. The second-order valence-corrected chi connectivity index (χ2v) is 5.15. The highest BCUT2D eigenvalue weighted by atomic mass is 79.9. The van der Waals surface area contributed by atoms with Crippen molar-refractivity contribution in [2.24, 2.45) is 0 Å². The monoisotopic (exact) mass is 319 g/mol. The molecule has 5 nitrogen and oxygen atoms in total. The highest BCUT2D eigenvalue weighted by molar-refractivity contribution is 9.10. The summed E-state index contributed by atoms with van der Waals surface area (Å²) < 4.78 is 59.4. The highest BCUT2D eigenvalue weighted by Gasteiger charge is 2.35. The van der Waals surface area contributed by atoms with Crippen LogP contribution in [-0.4, -0.2) is 30.3 Å². The number of rotatable bonds is 3. The van der Waals surface area contributed by atoms with Gasteiger partial charge in [-0.25, -0.2) is 18.4 Å². The van der Waals surface area contributed by atoms with Crippen molar-refractivity contribution in [1.29, 1.82) is 0 Å². The number of sulfonamides is 1. The molecule has 0 aromatic carbocycles. The van der Waals surface area contributed by atoms with Crippen molar-refractivity contribution < 1.29 is 21.6 Å². The molecule has 1 aromatic rings. The van der Waals surface area contributed by atoms with E-state index in [9.17, 15) is 21.6 Å². The van der Waals surface area contributed by atoms with Crippen LogP contribution in [0, 0.1) is 0 Å². The molecule has 1 rings (SSSR count). The first-order chi connectivity index (χ1) is 7.20. The molecule has 1 aromatic heterocycles. The number of aromatic nitrogens is 2. The second-order valence-electron chi connectivity index (χ2n) is 2.67. The van der Waals surface area contributed by atoms with E-state index in [1.807, 2.05) is 0 Å². The third kappa shape index (κ3) is 4.31. The molecule has 0 bridgehead atoms. The lowest BCUT2D eigenvalue weighted by atomic mass is 10.7. The van der Waals surface area contributed by atoms with Gasteiger partial charge >= 0.3 is 6.18 Å². The van der Waals surface area contributed by atoms with Crippen LogP contribution in [-0.2, 0) is 10.0 Å². The summed E-state index contributed by atoms with van der Waals surface area (Å²) in [5.41, 5.74) is 0. The fraction of sp³-hybridized carbons (Fsp3) is 0.333. The van der Waals surface area contributed by atoms with E-state index in [1.165, 1.54) is 6.20 Å². The quantitative estimate of drug-likeness (QED) is 0.917. The van der Waals surface area contributed by atoms with Crippen molar-refractivity contribution in [2.45, 2.75) is 6.18 Å². The van der Waals surface area contributed by atoms with Crippen LogP contribution in [0.15, 0.2) is 17.0 Å². The lowest BCUT2D eigenvalue weighted by molar-refractivity contribution is -0.106.